The molecule has 2 rings (SSSR count). The van der Waals surface area contributed by atoms with E-state index in [9.17, 15) is 5.11 Å². The van der Waals surface area contributed by atoms with Crippen LogP contribution < -0.4 is 0 Å². The summed E-state index contributed by atoms with van der Waals surface area (Å²) in [5.41, 5.74) is -0.478. The zero-order valence-corrected chi connectivity index (χ0v) is 9.06. The van der Waals surface area contributed by atoms with Crippen molar-refractivity contribution in [3.05, 3.63) is 24.3 Å². The predicted molar refractivity (Wildman–Crippen MR) is 57.2 cm³/mol. The molecule has 0 radical (unpaired) electrons. The second-order valence-electron chi connectivity index (χ2n) is 4.44. The Morgan fingerprint density at radius 2 is 1.93 bits per heavy atom. The van der Waals surface area contributed by atoms with Crippen LogP contribution in [0.4, 0.5) is 0 Å². The molecule has 15 heavy (non-hydrogen) atoms. The van der Waals surface area contributed by atoms with Crippen LogP contribution in [0, 0.1) is 0 Å². The molecule has 1 N–H and O–H groups in total. The second-order valence-corrected chi connectivity index (χ2v) is 4.44. The molecule has 1 fully saturated rings. The molecule has 2 heterocycles. The third-order valence-electron chi connectivity index (χ3n) is 2.92. The van der Waals surface area contributed by atoms with Crippen molar-refractivity contribution in [2.24, 2.45) is 0 Å². The van der Waals surface area contributed by atoms with Gasteiger partial charge in [-0.15, -0.1) is 0 Å². The number of hydrogen-bond donors (Lipinski definition) is 1. The summed E-state index contributed by atoms with van der Waals surface area (Å²) in [6, 6.07) is 1.82. The number of hydrogen-bond acceptors (Lipinski definition) is 4. The molecule has 0 aromatic carbocycles. The summed E-state index contributed by atoms with van der Waals surface area (Å²) in [5, 5.41) is 9.80. The van der Waals surface area contributed by atoms with Crippen molar-refractivity contribution < 1.29 is 5.11 Å². The van der Waals surface area contributed by atoms with E-state index < -0.39 is 5.60 Å². The molecular formula is C11H17N3O. The van der Waals surface area contributed by atoms with Gasteiger partial charge in [0.2, 0.25) is 0 Å². The molecule has 82 valence electrons. The van der Waals surface area contributed by atoms with Gasteiger partial charge in [0, 0.05) is 25.5 Å². The third-order valence-corrected chi connectivity index (χ3v) is 2.92. The van der Waals surface area contributed by atoms with Crippen LogP contribution in [0.25, 0.3) is 0 Å². The summed E-state index contributed by atoms with van der Waals surface area (Å²) in [5.74, 6) is 0.860. The van der Waals surface area contributed by atoms with E-state index in [0.717, 1.165) is 38.3 Å². The molecule has 1 aromatic heterocycles. The Labute approximate surface area is 90.0 Å². The summed E-state index contributed by atoms with van der Waals surface area (Å²) in [4.78, 5) is 10.7. The first kappa shape index (κ1) is 10.5. The molecule has 4 heteroatoms. The summed E-state index contributed by atoms with van der Waals surface area (Å²) in [6.45, 7) is 4.54. The number of aliphatic hydroxyl groups is 1. The fourth-order valence-electron chi connectivity index (χ4n) is 1.80. The Hall–Kier alpha value is -1.00. The zero-order chi connectivity index (χ0) is 10.7. The molecule has 0 aliphatic carbocycles. The number of nitrogens with zero attached hydrogens (tertiary/aromatic N) is 3. The minimum absolute atomic E-state index is 0.478. The Morgan fingerprint density at radius 3 is 2.53 bits per heavy atom. The molecule has 0 saturated carbocycles. The second kappa shape index (κ2) is 4.24. The van der Waals surface area contributed by atoms with Crippen molar-refractivity contribution in [3.63, 3.8) is 0 Å². The quantitative estimate of drug-likeness (QED) is 0.780. The van der Waals surface area contributed by atoms with E-state index >= 15 is 0 Å². The number of rotatable bonds is 2. The minimum Gasteiger partial charge on any atom is -0.390 e. The van der Waals surface area contributed by atoms with Gasteiger partial charge in [0.1, 0.15) is 5.82 Å². The normalized spacial score (nSPS) is 21.5. The van der Waals surface area contributed by atoms with Gasteiger partial charge in [0.25, 0.3) is 0 Å². The first-order chi connectivity index (χ1) is 7.16. The maximum Gasteiger partial charge on any atom is 0.142 e. The molecule has 0 atom stereocenters. The van der Waals surface area contributed by atoms with Crippen LogP contribution in [-0.4, -0.2) is 38.7 Å². The van der Waals surface area contributed by atoms with Crippen molar-refractivity contribution in [1.29, 1.82) is 0 Å². The van der Waals surface area contributed by atoms with Gasteiger partial charge in [-0.3, -0.25) is 4.90 Å². The molecule has 1 aliphatic rings. The lowest BCUT2D eigenvalue weighted by atomic mass is 9.94. The van der Waals surface area contributed by atoms with Gasteiger partial charge in [-0.2, -0.15) is 0 Å². The van der Waals surface area contributed by atoms with Crippen LogP contribution in [0.15, 0.2) is 18.5 Å². The summed E-state index contributed by atoms with van der Waals surface area (Å²) in [6.07, 6.45) is 5.20. The zero-order valence-electron chi connectivity index (χ0n) is 9.06. The maximum atomic E-state index is 9.80. The monoisotopic (exact) mass is 207 g/mol. The van der Waals surface area contributed by atoms with Crippen LogP contribution in [0.1, 0.15) is 25.6 Å². The van der Waals surface area contributed by atoms with Crippen molar-refractivity contribution >= 4 is 0 Å². The molecule has 0 spiro atoms. The van der Waals surface area contributed by atoms with Crippen LogP contribution in [0.5, 0.6) is 0 Å². The van der Waals surface area contributed by atoms with Gasteiger partial charge in [0.15, 0.2) is 0 Å². The largest absolute Gasteiger partial charge is 0.390 e. The molecule has 4 nitrogen and oxygen atoms in total. The van der Waals surface area contributed by atoms with E-state index in [2.05, 4.69) is 14.9 Å². The van der Waals surface area contributed by atoms with Crippen molar-refractivity contribution in [2.45, 2.75) is 31.9 Å². The van der Waals surface area contributed by atoms with Crippen molar-refractivity contribution in [2.75, 3.05) is 13.1 Å². The Balaban J connectivity index is 1.88. The number of piperidine rings is 1. The van der Waals surface area contributed by atoms with E-state index in [4.69, 9.17) is 0 Å². The highest BCUT2D eigenvalue weighted by atomic mass is 16.3. The standard InChI is InChI=1S/C11H17N3O/c1-11(15)3-7-14(8-4-11)9-10-12-5-2-6-13-10/h2,5-6,15H,3-4,7-9H2,1H3. The Morgan fingerprint density at radius 1 is 1.33 bits per heavy atom. The van der Waals surface area contributed by atoms with Crippen molar-refractivity contribution in [1.82, 2.24) is 14.9 Å². The first-order valence-corrected chi connectivity index (χ1v) is 5.36. The fraction of sp³-hybridized carbons (Fsp3) is 0.636. The van der Waals surface area contributed by atoms with Crippen LogP contribution in [-0.2, 0) is 6.54 Å². The van der Waals surface area contributed by atoms with Gasteiger partial charge >= 0.3 is 0 Å². The summed E-state index contributed by atoms with van der Waals surface area (Å²) < 4.78 is 0. The lowest BCUT2D eigenvalue weighted by molar-refractivity contribution is -0.00788. The van der Waals surface area contributed by atoms with Crippen LogP contribution >= 0.6 is 0 Å². The van der Waals surface area contributed by atoms with Gasteiger partial charge < -0.3 is 5.11 Å². The van der Waals surface area contributed by atoms with Crippen LogP contribution in [0.2, 0.25) is 0 Å². The SMILES string of the molecule is CC1(O)CCN(Cc2ncccn2)CC1. The van der Waals surface area contributed by atoms with Gasteiger partial charge in [0.05, 0.1) is 12.1 Å². The molecule has 1 aromatic rings. The van der Waals surface area contributed by atoms with Gasteiger partial charge in [-0.1, -0.05) is 0 Å². The molecule has 0 bridgehead atoms. The van der Waals surface area contributed by atoms with E-state index in [1.54, 1.807) is 12.4 Å². The summed E-state index contributed by atoms with van der Waals surface area (Å²) in [7, 11) is 0. The average molecular weight is 207 g/mol. The number of likely N-dealkylation sites (tertiary alicyclic amines) is 1. The number of aromatic nitrogens is 2. The molecule has 0 unspecified atom stereocenters. The molecule has 1 aliphatic heterocycles. The highest BCUT2D eigenvalue weighted by Crippen LogP contribution is 2.21. The van der Waals surface area contributed by atoms with E-state index in [-0.39, 0.29) is 0 Å². The average Bonchev–Trinajstić information content (AvgIpc) is 2.23. The highest BCUT2D eigenvalue weighted by Gasteiger charge is 2.27. The van der Waals surface area contributed by atoms with Gasteiger partial charge in [-0.25, -0.2) is 9.97 Å². The predicted octanol–water partition coefficient (Wildman–Crippen LogP) is 0.823. The van der Waals surface area contributed by atoms with Gasteiger partial charge in [-0.05, 0) is 25.8 Å². The lowest BCUT2D eigenvalue weighted by Gasteiger charge is -2.35. The highest BCUT2D eigenvalue weighted by molar-refractivity contribution is 4.90. The first-order valence-electron chi connectivity index (χ1n) is 5.36. The van der Waals surface area contributed by atoms with E-state index in [1.807, 2.05) is 13.0 Å². The smallest absolute Gasteiger partial charge is 0.142 e. The maximum absolute atomic E-state index is 9.80. The lowest BCUT2D eigenvalue weighted by Crippen LogP contribution is -2.42. The molecular weight excluding hydrogens is 190 g/mol. The Bertz CT molecular complexity index is 303. The van der Waals surface area contributed by atoms with Crippen LogP contribution in [0.3, 0.4) is 0 Å². The van der Waals surface area contributed by atoms with E-state index in [0.29, 0.717) is 0 Å². The summed E-state index contributed by atoms with van der Waals surface area (Å²) >= 11 is 0. The third kappa shape index (κ3) is 2.97. The minimum atomic E-state index is -0.478. The molecule has 0 amide bonds. The molecule has 1 saturated heterocycles. The Kier molecular flexibility index (Phi) is 2.98. The van der Waals surface area contributed by atoms with E-state index in [1.165, 1.54) is 0 Å². The van der Waals surface area contributed by atoms with Crippen molar-refractivity contribution in [3.8, 4) is 0 Å². The fourth-order valence-corrected chi connectivity index (χ4v) is 1.80. The topological polar surface area (TPSA) is 49.2 Å².